The van der Waals surface area contributed by atoms with E-state index in [4.69, 9.17) is 4.74 Å². The molecule has 0 bridgehead atoms. The van der Waals surface area contributed by atoms with Gasteiger partial charge in [-0.05, 0) is 57.1 Å². The Labute approximate surface area is 108 Å². The van der Waals surface area contributed by atoms with Gasteiger partial charge in [-0.25, -0.2) is 8.42 Å². The molecule has 1 aromatic carbocycles. The Balaban J connectivity index is 2.11. The maximum absolute atomic E-state index is 11.3. The van der Waals surface area contributed by atoms with E-state index in [1.165, 1.54) is 6.26 Å². The SMILES string of the molecule is CC1(Oc2ccc(S(C)(=O)=O)cc2)CCNCC1. The van der Waals surface area contributed by atoms with Crippen molar-refractivity contribution in [3.05, 3.63) is 24.3 Å². The van der Waals surface area contributed by atoms with Crippen LogP contribution in [-0.2, 0) is 9.84 Å². The molecule has 0 amide bonds. The number of hydrogen-bond donors (Lipinski definition) is 1. The van der Waals surface area contributed by atoms with E-state index in [0.717, 1.165) is 31.7 Å². The van der Waals surface area contributed by atoms with Crippen molar-refractivity contribution in [2.75, 3.05) is 19.3 Å². The second-order valence-electron chi connectivity index (χ2n) is 5.05. The number of rotatable bonds is 3. The molecule has 1 aliphatic heterocycles. The van der Waals surface area contributed by atoms with Gasteiger partial charge < -0.3 is 10.1 Å². The number of benzene rings is 1. The summed E-state index contributed by atoms with van der Waals surface area (Å²) < 4.78 is 28.7. The van der Waals surface area contributed by atoms with Crippen molar-refractivity contribution in [2.45, 2.75) is 30.3 Å². The van der Waals surface area contributed by atoms with Crippen molar-refractivity contribution in [2.24, 2.45) is 0 Å². The van der Waals surface area contributed by atoms with Crippen LogP contribution in [0.25, 0.3) is 0 Å². The van der Waals surface area contributed by atoms with Gasteiger partial charge in [-0.15, -0.1) is 0 Å². The van der Waals surface area contributed by atoms with Crippen LogP contribution in [-0.4, -0.2) is 33.4 Å². The average Bonchev–Trinajstić information content (AvgIpc) is 2.29. The summed E-state index contributed by atoms with van der Waals surface area (Å²) >= 11 is 0. The van der Waals surface area contributed by atoms with Crippen LogP contribution in [0.4, 0.5) is 0 Å². The zero-order valence-electron chi connectivity index (χ0n) is 10.8. The van der Waals surface area contributed by atoms with Crippen LogP contribution in [0.1, 0.15) is 19.8 Å². The highest BCUT2D eigenvalue weighted by molar-refractivity contribution is 7.90. The van der Waals surface area contributed by atoms with Gasteiger partial charge in [0.05, 0.1) is 4.90 Å². The summed E-state index contributed by atoms with van der Waals surface area (Å²) in [5.74, 6) is 0.729. The lowest BCUT2D eigenvalue weighted by molar-refractivity contribution is 0.0555. The molecule has 4 nitrogen and oxygen atoms in total. The van der Waals surface area contributed by atoms with Crippen LogP contribution < -0.4 is 10.1 Å². The highest BCUT2D eigenvalue weighted by atomic mass is 32.2. The molecule has 100 valence electrons. The van der Waals surface area contributed by atoms with Gasteiger partial charge in [-0.2, -0.15) is 0 Å². The third kappa shape index (κ3) is 3.23. The van der Waals surface area contributed by atoms with Gasteiger partial charge in [0.2, 0.25) is 0 Å². The lowest BCUT2D eigenvalue weighted by Gasteiger charge is -2.34. The highest BCUT2D eigenvalue weighted by Gasteiger charge is 2.28. The molecule has 0 saturated carbocycles. The lowest BCUT2D eigenvalue weighted by Crippen LogP contribution is -2.43. The molecule has 0 atom stereocenters. The summed E-state index contributed by atoms with van der Waals surface area (Å²) in [4.78, 5) is 0.324. The Morgan fingerprint density at radius 2 is 1.72 bits per heavy atom. The number of nitrogens with one attached hydrogen (secondary N) is 1. The average molecular weight is 269 g/mol. The summed E-state index contributed by atoms with van der Waals surface area (Å²) in [5.41, 5.74) is -0.155. The zero-order chi connectivity index (χ0) is 13.2. The molecule has 2 rings (SSSR count). The largest absolute Gasteiger partial charge is 0.487 e. The first kappa shape index (κ1) is 13.4. The monoisotopic (exact) mass is 269 g/mol. The minimum atomic E-state index is -3.13. The van der Waals surface area contributed by atoms with Crippen molar-refractivity contribution in [3.8, 4) is 5.75 Å². The molecular formula is C13H19NO3S. The smallest absolute Gasteiger partial charge is 0.175 e. The maximum Gasteiger partial charge on any atom is 0.175 e. The minimum Gasteiger partial charge on any atom is -0.487 e. The Morgan fingerprint density at radius 3 is 2.22 bits per heavy atom. The number of piperidine rings is 1. The number of ether oxygens (including phenoxy) is 1. The fraction of sp³-hybridized carbons (Fsp3) is 0.538. The molecule has 0 aliphatic carbocycles. The highest BCUT2D eigenvalue weighted by Crippen LogP contribution is 2.26. The first-order chi connectivity index (χ1) is 8.39. The van der Waals surface area contributed by atoms with E-state index in [9.17, 15) is 8.42 Å². The predicted molar refractivity (Wildman–Crippen MR) is 70.7 cm³/mol. The van der Waals surface area contributed by atoms with Gasteiger partial charge in [0.1, 0.15) is 11.4 Å². The molecule has 0 aromatic heterocycles. The van der Waals surface area contributed by atoms with Crippen LogP contribution in [0, 0.1) is 0 Å². The van der Waals surface area contributed by atoms with Crippen molar-refractivity contribution < 1.29 is 13.2 Å². The Kier molecular flexibility index (Phi) is 3.64. The molecule has 0 unspecified atom stereocenters. The Bertz CT molecular complexity index is 502. The summed E-state index contributed by atoms with van der Waals surface area (Å²) in [6.45, 7) is 4.01. The van der Waals surface area contributed by atoms with Gasteiger partial charge in [0, 0.05) is 6.26 Å². The second kappa shape index (κ2) is 4.90. The summed E-state index contributed by atoms with van der Waals surface area (Å²) in [6, 6.07) is 6.64. The van der Waals surface area contributed by atoms with E-state index >= 15 is 0 Å². The first-order valence-corrected chi connectivity index (χ1v) is 7.98. The summed E-state index contributed by atoms with van der Waals surface area (Å²) in [6.07, 6.45) is 3.12. The topological polar surface area (TPSA) is 55.4 Å². The molecule has 18 heavy (non-hydrogen) atoms. The van der Waals surface area contributed by atoms with Crippen molar-refractivity contribution in [1.82, 2.24) is 5.32 Å². The van der Waals surface area contributed by atoms with Gasteiger partial charge >= 0.3 is 0 Å². The molecule has 0 radical (unpaired) electrons. The van der Waals surface area contributed by atoms with Gasteiger partial charge in [0.15, 0.2) is 9.84 Å². The van der Waals surface area contributed by atoms with Crippen LogP contribution >= 0.6 is 0 Å². The molecule has 1 aromatic rings. The van der Waals surface area contributed by atoms with Crippen LogP contribution in [0.2, 0.25) is 0 Å². The third-order valence-electron chi connectivity index (χ3n) is 3.28. The fourth-order valence-electron chi connectivity index (χ4n) is 2.10. The lowest BCUT2D eigenvalue weighted by atomic mass is 9.94. The zero-order valence-corrected chi connectivity index (χ0v) is 11.6. The van der Waals surface area contributed by atoms with Crippen LogP contribution in [0.5, 0.6) is 5.75 Å². The van der Waals surface area contributed by atoms with Crippen molar-refractivity contribution in [3.63, 3.8) is 0 Å². The van der Waals surface area contributed by atoms with Crippen molar-refractivity contribution >= 4 is 9.84 Å². The summed E-state index contributed by atoms with van der Waals surface area (Å²) in [5, 5.41) is 3.30. The van der Waals surface area contributed by atoms with E-state index < -0.39 is 9.84 Å². The van der Waals surface area contributed by atoms with Gasteiger partial charge in [-0.1, -0.05) is 0 Å². The molecular weight excluding hydrogens is 250 g/mol. The fourth-order valence-corrected chi connectivity index (χ4v) is 2.73. The molecule has 1 N–H and O–H groups in total. The second-order valence-corrected chi connectivity index (χ2v) is 7.06. The van der Waals surface area contributed by atoms with Crippen LogP contribution in [0.15, 0.2) is 29.2 Å². The summed E-state index contributed by atoms with van der Waals surface area (Å²) in [7, 11) is -3.13. The van der Waals surface area contributed by atoms with Crippen molar-refractivity contribution in [1.29, 1.82) is 0 Å². The van der Waals surface area contributed by atoms with Gasteiger partial charge in [0.25, 0.3) is 0 Å². The number of sulfone groups is 1. The van der Waals surface area contributed by atoms with Gasteiger partial charge in [-0.3, -0.25) is 0 Å². The standard InChI is InChI=1S/C13H19NO3S/c1-13(7-9-14-10-8-13)17-11-3-5-12(6-4-11)18(2,15)16/h3-6,14H,7-10H2,1-2H3. The normalized spacial score (nSPS) is 19.4. The molecule has 1 heterocycles. The minimum absolute atomic E-state index is 0.155. The molecule has 1 fully saturated rings. The first-order valence-electron chi connectivity index (χ1n) is 6.09. The third-order valence-corrected chi connectivity index (χ3v) is 4.41. The number of hydrogen-bond acceptors (Lipinski definition) is 4. The van der Waals surface area contributed by atoms with Crippen LogP contribution in [0.3, 0.4) is 0 Å². The van der Waals surface area contributed by atoms with E-state index in [-0.39, 0.29) is 5.60 Å². The predicted octanol–water partition coefficient (Wildman–Crippen LogP) is 1.61. The van der Waals surface area contributed by atoms with E-state index in [2.05, 4.69) is 12.2 Å². The molecule has 1 aliphatic rings. The molecule has 5 heteroatoms. The maximum atomic E-state index is 11.3. The van der Waals surface area contributed by atoms with E-state index in [1.807, 2.05) is 0 Å². The quantitative estimate of drug-likeness (QED) is 0.906. The molecule has 0 spiro atoms. The van der Waals surface area contributed by atoms with E-state index in [1.54, 1.807) is 24.3 Å². The Hall–Kier alpha value is -1.07. The molecule has 1 saturated heterocycles. The van der Waals surface area contributed by atoms with E-state index in [0.29, 0.717) is 4.90 Å². The Morgan fingerprint density at radius 1 is 1.17 bits per heavy atom.